The van der Waals surface area contributed by atoms with Gasteiger partial charge in [-0.25, -0.2) is 0 Å². The van der Waals surface area contributed by atoms with Gasteiger partial charge < -0.3 is 26.2 Å². The Morgan fingerprint density at radius 1 is 0.588 bits per heavy atom. The van der Waals surface area contributed by atoms with Crippen molar-refractivity contribution >= 4 is 11.7 Å². The molecule has 0 bridgehead atoms. The van der Waals surface area contributed by atoms with Crippen molar-refractivity contribution in [1.29, 1.82) is 0 Å². The summed E-state index contributed by atoms with van der Waals surface area (Å²) < 4.78 is 0. The van der Waals surface area contributed by atoms with Crippen LogP contribution in [-0.2, 0) is 22.4 Å². The van der Waals surface area contributed by atoms with Crippen LogP contribution < -0.4 is 5.73 Å². The van der Waals surface area contributed by atoms with Crippen molar-refractivity contribution in [2.75, 3.05) is 0 Å². The number of carbonyl (C=O) groups excluding carboxylic acids is 2. The molecule has 51 heavy (non-hydrogen) atoms. The Morgan fingerprint density at radius 2 is 0.922 bits per heavy atom. The molecule has 0 saturated heterocycles. The minimum Gasteiger partial charge on any atom is -0.365 e. The lowest BCUT2D eigenvalue weighted by atomic mass is 9.67. The van der Waals surface area contributed by atoms with Crippen molar-refractivity contribution in [2.45, 2.75) is 218 Å². The summed E-state index contributed by atoms with van der Waals surface area (Å²) in [6.45, 7) is 4.48. The van der Waals surface area contributed by atoms with E-state index in [1.807, 2.05) is 24.3 Å². The first kappa shape index (κ1) is 45.4. The number of aliphatic hydroxyl groups is 4. The van der Waals surface area contributed by atoms with Gasteiger partial charge in [0.1, 0.15) is 0 Å². The second-order valence-corrected chi connectivity index (χ2v) is 16.1. The third-order valence-corrected chi connectivity index (χ3v) is 11.8. The molecule has 0 aromatic heterocycles. The second-order valence-electron chi connectivity index (χ2n) is 16.1. The largest absolute Gasteiger partial charge is 0.365 e. The summed E-state index contributed by atoms with van der Waals surface area (Å²) in [6.07, 6.45) is 31.1. The normalized spacial score (nSPS) is 14.9. The van der Waals surface area contributed by atoms with Crippen molar-refractivity contribution in [3.8, 4) is 0 Å². The molecular formula is C44H77NO6. The zero-order valence-electron chi connectivity index (χ0n) is 32.8. The lowest BCUT2D eigenvalue weighted by Crippen LogP contribution is -2.62. The summed E-state index contributed by atoms with van der Waals surface area (Å²) >= 11 is 0. The summed E-state index contributed by atoms with van der Waals surface area (Å²) in [5.74, 6) is -10.3. The molecule has 2 rings (SSSR count). The molecule has 1 aromatic rings. The second kappa shape index (κ2) is 25.3. The highest BCUT2D eigenvalue weighted by Gasteiger charge is 2.61. The van der Waals surface area contributed by atoms with Gasteiger partial charge in [-0.15, -0.1) is 0 Å². The number of carbonyl (C=O) groups is 2. The highest BCUT2D eigenvalue weighted by atomic mass is 16.5. The van der Waals surface area contributed by atoms with Crippen LogP contribution in [0, 0.1) is 11.3 Å². The number of rotatable bonds is 33. The zero-order chi connectivity index (χ0) is 37.4. The van der Waals surface area contributed by atoms with Crippen molar-refractivity contribution in [3.63, 3.8) is 0 Å². The minimum atomic E-state index is -3.17. The smallest absolute Gasteiger partial charge is 0.278 e. The molecule has 1 aliphatic carbocycles. The molecule has 1 aliphatic rings. The quantitative estimate of drug-likeness (QED) is 0.0363. The number of unbranched alkanes of at least 4 members (excludes halogenated alkanes) is 24. The third kappa shape index (κ3) is 15.6. The molecule has 1 amide bonds. The number of Topliss-reactive ketones (excluding diaryl/α,β-unsaturated/α-hetero) is 1. The first-order valence-corrected chi connectivity index (χ1v) is 21.3. The van der Waals surface area contributed by atoms with E-state index in [1.54, 1.807) is 0 Å². The molecule has 0 aliphatic heterocycles. The molecular weight excluding hydrogens is 638 g/mol. The molecule has 7 nitrogen and oxygen atoms in total. The molecule has 0 saturated carbocycles. The van der Waals surface area contributed by atoms with E-state index in [2.05, 4.69) is 13.8 Å². The van der Waals surface area contributed by atoms with Gasteiger partial charge in [-0.05, 0) is 36.8 Å². The monoisotopic (exact) mass is 716 g/mol. The van der Waals surface area contributed by atoms with Gasteiger partial charge in [0.05, 0.1) is 5.92 Å². The average Bonchev–Trinajstić information content (AvgIpc) is 3.50. The number of fused-ring (bicyclic) bond motifs is 1. The third-order valence-electron chi connectivity index (χ3n) is 11.8. The van der Waals surface area contributed by atoms with Crippen LogP contribution in [0.4, 0.5) is 0 Å². The van der Waals surface area contributed by atoms with Crippen LogP contribution in [0.15, 0.2) is 24.3 Å². The van der Waals surface area contributed by atoms with E-state index in [4.69, 9.17) is 5.73 Å². The maximum Gasteiger partial charge on any atom is 0.278 e. The van der Waals surface area contributed by atoms with E-state index in [0.717, 1.165) is 62.5 Å². The first-order valence-electron chi connectivity index (χ1n) is 21.3. The molecule has 0 radical (unpaired) electrons. The number of hydrogen-bond donors (Lipinski definition) is 5. The summed E-state index contributed by atoms with van der Waals surface area (Å²) in [5.41, 5.74) is 6.09. The highest BCUT2D eigenvalue weighted by Crippen LogP contribution is 2.49. The maximum atomic E-state index is 14.1. The molecule has 0 spiro atoms. The number of amides is 1. The SMILES string of the molecule is CCCCCCCCCCCCCCCC(C(=O)C(O)(O)C1(CCCCCCCCCCCCCCC)Cc2ccccc2C1)C(O)(O)C(N)=O. The summed E-state index contributed by atoms with van der Waals surface area (Å²) in [6, 6.07) is 7.74. The van der Waals surface area contributed by atoms with E-state index < -0.39 is 34.6 Å². The molecule has 7 heteroatoms. The van der Waals surface area contributed by atoms with E-state index in [1.165, 1.54) is 109 Å². The molecule has 6 N–H and O–H groups in total. The Balaban J connectivity index is 1.92. The van der Waals surface area contributed by atoms with Crippen LogP contribution in [0.2, 0.25) is 0 Å². The van der Waals surface area contributed by atoms with Crippen molar-refractivity contribution in [3.05, 3.63) is 35.4 Å². The fourth-order valence-electron chi connectivity index (χ4n) is 8.33. The van der Waals surface area contributed by atoms with E-state index in [-0.39, 0.29) is 6.42 Å². The minimum absolute atomic E-state index is 0.0584. The Kier molecular flexibility index (Phi) is 22.5. The molecule has 0 fully saturated rings. The molecule has 0 heterocycles. The Labute approximate surface area is 311 Å². The molecule has 1 unspecified atom stereocenters. The summed E-state index contributed by atoms with van der Waals surface area (Å²) in [5, 5.41) is 45.3. The standard InChI is InChI=1S/C44H77NO6/c1-3-5-7-9-11-13-15-17-19-21-23-25-27-33-39(43(48,49)41(45)47)40(46)44(50,51)42(35-37-31-28-29-32-38(37)36-42)34-30-26-24-22-20-18-16-14-12-10-8-6-4-2/h28-29,31-32,39,48-51H,3-27,30,33-36H2,1-2H3,(H2,45,47). The first-order chi connectivity index (χ1) is 24.5. The summed E-state index contributed by atoms with van der Waals surface area (Å²) in [4.78, 5) is 26.3. The van der Waals surface area contributed by atoms with Crippen LogP contribution in [0.25, 0.3) is 0 Å². The number of nitrogens with two attached hydrogens (primary N) is 1. The van der Waals surface area contributed by atoms with E-state index in [9.17, 15) is 30.0 Å². The van der Waals surface area contributed by atoms with Crippen LogP contribution in [0.3, 0.4) is 0 Å². The lowest BCUT2D eigenvalue weighted by molar-refractivity contribution is -0.252. The van der Waals surface area contributed by atoms with Gasteiger partial charge in [-0.3, -0.25) is 9.59 Å². The number of benzene rings is 1. The predicted octanol–water partition coefficient (Wildman–Crippen LogP) is 9.77. The van der Waals surface area contributed by atoms with E-state index in [0.29, 0.717) is 25.7 Å². The van der Waals surface area contributed by atoms with Crippen LogP contribution in [0.1, 0.15) is 205 Å². The number of ketones is 1. The Morgan fingerprint density at radius 3 is 1.27 bits per heavy atom. The van der Waals surface area contributed by atoms with Crippen LogP contribution in [0.5, 0.6) is 0 Å². The summed E-state index contributed by atoms with van der Waals surface area (Å²) in [7, 11) is 0. The van der Waals surface area contributed by atoms with Gasteiger partial charge in [-0.2, -0.15) is 0 Å². The van der Waals surface area contributed by atoms with Gasteiger partial charge in [0, 0.05) is 5.41 Å². The topological polar surface area (TPSA) is 141 Å². The predicted molar refractivity (Wildman–Crippen MR) is 209 cm³/mol. The highest BCUT2D eigenvalue weighted by molar-refractivity contribution is 5.95. The lowest BCUT2D eigenvalue weighted by Gasteiger charge is -2.43. The molecule has 1 aromatic carbocycles. The molecule has 1 atom stereocenters. The fraction of sp³-hybridized carbons (Fsp3) is 0.818. The Bertz CT molecular complexity index is 1060. The Hall–Kier alpha value is -1.80. The van der Waals surface area contributed by atoms with Crippen molar-refractivity contribution < 1.29 is 30.0 Å². The molecule has 294 valence electrons. The fourth-order valence-corrected chi connectivity index (χ4v) is 8.33. The van der Waals surface area contributed by atoms with Gasteiger partial charge in [0.25, 0.3) is 11.7 Å². The van der Waals surface area contributed by atoms with Crippen molar-refractivity contribution in [1.82, 2.24) is 0 Å². The number of hydrogen-bond acceptors (Lipinski definition) is 6. The van der Waals surface area contributed by atoms with Gasteiger partial charge in [-0.1, -0.05) is 205 Å². The maximum absolute atomic E-state index is 14.1. The average molecular weight is 716 g/mol. The van der Waals surface area contributed by atoms with Gasteiger partial charge >= 0.3 is 0 Å². The number of primary amides is 1. The van der Waals surface area contributed by atoms with Crippen molar-refractivity contribution in [2.24, 2.45) is 17.1 Å². The van der Waals surface area contributed by atoms with Gasteiger partial charge in [0.15, 0.2) is 0 Å². The zero-order valence-corrected chi connectivity index (χ0v) is 32.8. The van der Waals surface area contributed by atoms with E-state index >= 15 is 0 Å². The van der Waals surface area contributed by atoms with Crippen LogP contribution in [-0.4, -0.2) is 43.7 Å². The van der Waals surface area contributed by atoms with Gasteiger partial charge in [0.2, 0.25) is 11.6 Å². The van der Waals surface area contributed by atoms with Crippen LogP contribution >= 0.6 is 0 Å².